The molecule has 0 saturated carbocycles. The number of hydrogen-bond donors (Lipinski definition) is 2. The van der Waals surface area contributed by atoms with Crippen molar-refractivity contribution in [1.82, 2.24) is 10.3 Å². The molecule has 33 heavy (non-hydrogen) atoms. The highest BCUT2D eigenvalue weighted by atomic mass is 32.2. The van der Waals surface area contributed by atoms with E-state index >= 15 is 0 Å². The minimum absolute atomic E-state index is 0.106. The second-order valence-electron chi connectivity index (χ2n) is 7.24. The summed E-state index contributed by atoms with van der Waals surface area (Å²) < 4.78 is -0.468. The summed E-state index contributed by atoms with van der Waals surface area (Å²) in [4.78, 5) is 17.4. The van der Waals surface area contributed by atoms with Gasteiger partial charge in [-0.1, -0.05) is 91.0 Å². The van der Waals surface area contributed by atoms with Gasteiger partial charge in [-0.3, -0.25) is 4.79 Å². The maximum atomic E-state index is 12.4. The van der Waals surface area contributed by atoms with E-state index in [4.69, 9.17) is 5.11 Å². The average Bonchev–Trinajstić information content (AvgIpc) is 3.35. The number of amides is 1. The average molecular weight is 473 g/mol. The fourth-order valence-corrected chi connectivity index (χ4v) is 5.70. The van der Waals surface area contributed by atoms with Crippen molar-refractivity contribution in [3.8, 4) is 0 Å². The van der Waals surface area contributed by atoms with Crippen LogP contribution in [0.3, 0.4) is 0 Å². The molecule has 0 saturated heterocycles. The molecule has 0 radical (unpaired) electrons. The molecule has 1 aromatic heterocycles. The lowest BCUT2D eigenvalue weighted by molar-refractivity contribution is 0.0940. The van der Waals surface area contributed by atoms with Gasteiger partial charge in [0.2, 0.25) is 0 Å². The lowest BCUT2D eigenvalue weighted by Crippen LogP contribution is -2.27. The van der Waals surface area contributed by atoms with E-state index in [9.17, 15) is 4.79 Å². The van der Waals surface area contributed by atoms with Crippen LogP contribution in [-0.2, 0) is 4.75 Å². The summed E-state index contributed by atoms with van der Waals surface area (Å²) in [5.74, 6) is -0.282. The highest BCUT2D eigenvalue weighted by Gasteiger charge is 2.36. The number of aliphatic hydroxyl groups is 1. The quantitative estimate of drug-likeness (QED) is 0.313. The molecule has 166 valence electrons. The third-order valence-corrected chi connectivity index (χ3v) is 7.34. The molecular weight excluding hydrogens is 448 g/mol. The number of thiazole rings is 1. The summed E-state index contributed by atoms with van der Waals surface area (Å²) in [6.45, 7) is 0.0953. The second kappa shape index (κ2) is 11.1. The summed E-state index contributed by atoms with van der Waals surface area (Å²) in [5, 5.41) is 13.7. The van der Waals surface area contributed by atoms with E-state index < -0.39 is 4.75 Å². The first kappa shape index (κ1) is 23.0. The van der Waals surface area contributed by atoms with Gasteiger partial charge in [0.05, 0.1) is 21.7 Å². The summed E-state index contributed by atoms with van der Waals surface area (Å²) in [6, 6.07) is 31.4. The number of carbonyl (C=O) groups is 1. The third-order valence-electron chi connectivity index (χ3n) is 5.21. The molecular formula is C27H24N2O2S2. The van der Waals surface area contributed by atoms with Crippen molar-refractivity contribution in [2.75, 3.05) is 13.2 Å². The molecule has 6 heteroatoms. The predicted octanol–water partition coefficient (Wildman–Crippen LogP) is 5.56. The maximum Gasteiger partial charge on any atom is 0.271 e. The Morgan fingerprint density at radius 2 is 1.42 bits per heavy atom. The van der Waals surface area contributed by atoms with E-state index in [1.165, 1.54) is 28.0 Å². The van der Waals surface area contributed by atoms with E-state index in [-0.39, 0.29) is 19.1 Å². The van der Waals surface area contributed by atoms with Crippen molar-refractivity contribution in [2.45, 2.75) is 4.75 Å². The molecule has 0 atom stereocenters. The molecule has 2 N–H and O–H groups in total. The lowest BCUT2D eigenvalue weighted by atomic mass is 9.84. The van der Waals surface area contributed by atoms with Gasteiger partial charge in [0.15, 0.2) is 0 Å². The van der Waals surface area contributed by atoms with Crippen molar-refractivity contribution >= 4 is 35.1 Å². The molecule has 1 amide bonds. The molecule has 0 aliphatic carbocycles. The third kappa shape index (κ3) is 5.09. The zero-order valence-electron chi connectivity index (χ0n) is 17.9. The number of benzene rings is 3. The Hall–Kier alpha value is -3.19. The van der Waals surface area contributed by atoms with Crippen LogP contribution in [-0.4, -0.2) is 29.1 Å². The number of rotatable bonds is 9. The molecule has 0 spiro atoms. The predicted molar refractivity (Wildman–Crippen MR) is 137 cm³/mol. The first-order chi connectivity index (χ1) is 16.3. The molecule has 0 bridgehead atoms. The molecule has 4 aromatic rings. The molecule has 0 aliphatic rings. The Morgan fingerprint density at radius 1 is 0.909 bits per heavy atom. The van der Waals surface area contributed by atoms with Crippen molar-refractivity contribution in [1.29, 1.82) is 0 Å². The topological polar surface area (TPSA) is 62.2 Å². The van der Waals surface area contributed by atoms with Gasteiger partial charge in [0.25, 0.3) is 5.91 Å². The first-order valence-corrected chi connectivity index (χ1v) is 12.3. The van der Waals surface area contributed by atoms with Gasteiger partial charge in [-0.2, -0.15) is 0 Å². The molecule has 0 aliphatic heterocycles. The fraction of sp³-hybridized carbons (Fsp3) is 0.111. The Kier molecular flexibility index (Phi) is 7.73. The van der Waals surface area contributed by atoms with Crippen LogP contribution < -0.4 is 5.32 Å². The van der Waals surface area contributed by atoms with Gasteiger partial charge < -0.3 is 10.4 Å². The van der Waals surface area contributed by atoms with Crippen LogP contribution >= 0.6 is 23.1 Å². The minimum atomic E-state index is -0.468. The monoisotopic (exact) mass is 472 g/mol. The SMILES string of the molecule is O=C(NCCO)c1ncsc1C=CSC(c1ccccc1)(c1ccccc1)c1ccccc1. The largest absolute Gasteiger partial charge is 0.395 e. The zero-order chi connectivity index (χ0) is 22.9. The number of aliphatic hydroxyl groups excluding tert-OH is 1. The molecule has 0 unspecified atom stereocenters. The zero-order valence-corrected chi connectivity index (χ0v) is 19.6. The van der Waals surface area contributed by atoms with E-state index in [2.05, 4.69) is 83.1 Å². The lowest BCUT2D eigenvalue weighted by Gasteiger charge is -2.34. The van der Waals surface area contributed by atoms with Gasteiger partial charge >= 0.3 is 0 Å². The van der Waals surface area contributed by atoms with Crippen LogP contribution in [0.25, 0.3) is 6.08 Å². The number of thioether (sulfide) groups is 1. The molecule has 4 rings (SSSR count). The number of nitrogens with zero attached hydrogens (tertiary/aromatic N) is 1. The Labute approximate surface area is 202 Å². The van der Waals surface area contributed by atoms with Gasteiger partial charge in [-0.15, -0.1) is 23.1 Å². The van der Waals surface area contributed by atoms with E-state index in [1.807, 2.05) is 29.7 Å². The molecule has 4 nitrogen and oxygen atoms in total. The van der Waals surface area contributed by atoms with Crippen molar-refractivity contribution < 1.29 is 9.90 Å². The van der Waals surface area contributed by atoms with Crippen LogP contribution in [0, 0.1) is 0 Å². The number of aromatic nitrogens is 1. The highest BCUT2D eigenvalue weighted by molar-refractivity contribution is 8.03. The number of nitrogens with one attached hydrogen (secondary N) is 1. The van der Waals surface area contributed by atoms with Crippen LogP contribution in [0.4, 0.5) is 0 Å². The second-order valence-corrected chi connectivity index (χ2v) is 9.25. The number of hydrogen-bond acceptors (Lipinski definition) is 5. The van der Waals surface area contributed by atoms with Gasteiger partial charge in [-0.25, -0.2) is 4.98 Å². The van der Waals surface area contributed by atoms with Gasteiger partial charge in [0, 0.05) is 6.54 Å². The van der Waals surface area contributed by atoms with E-state index in [1.54, 1.807) is 17.3 Å². The summed E-state index contributed by atoms with van der Waals surface area (Å²) in [5.41, 5.74) is 5.54. The smallest absolute Gasteiger partial charge is 0.271 e. The summed E-state index contributed by atoms with van der Waals surface area (Å²) >= 11 is 3.11. The molecule has 0 fully saturated rings. The van der Waals surface area contributed by atoms with Gasteiger partial charge in [0.1, 0.15) is 5.69 Å². The summed E-state index contributed by atoms with van der Waals surface area (Å²) in [7, 11) is 0. The van der Waals surface area contributed by atoms with Crippen molar-refractivity contribution in [3.05, 3.63) is 129 Å². The summed E-state index contributed by atoms with van der Waals surface area (Å²) in [6.07, 6.45) is 1.94. The fourth-order valence-electron chi connectivity index (χ4n) is 3.72. The number of carbonyl (C=O) groups excluding carboxylic acids is 1. The first-order valence-electron chi connectivity index (χ1n) is 10.6. The van der Waals surface area contributed by atoms with Crippen LogP contribution in [0.15, 0.2) is 102 Å². The van der Waals surface area contributed by atoms with Crippen LogP contribution in [0.1, 0.15) is 32.1 Å². The Morgan fingerprint density at radius 3 is 1.91 bits per heavy atom. The van der Waals surface area contributed by atoms with Crippen LogP contribution in [0.2, 0.25) is 0 Å². The normalized spacial score (nSPS) is 11.5. The van der Waals surface area contributed by atoms with Crippen molar-refractivity contribution in [2.24, 2.45) is 0 Å². The molecule has 1 heterocycles. The highest BCUT2D eigenvalue weighted by Crippen LogP contribution is 2.49. The Balaban J connectivity index is 1.76. The maximum absolute atomic E-state index is 12.4. The minimum Gasteiger partial charge on any atom is -0.395 e. The molecule has 3 aromatic carbocycles. The van der Waals surface area contributed by atoms with Gasteiger partial charge in [-0.05, 0) is 28.2 Å². The van der Waals surface area contributed by atoms with Crippen molar-refractivity contribution in [3.63, 3.8) is 0 Å². The van der Waals surface area contributed by atoms with Crippen LogP contribution in [0.5, 0.6) is 0 Å². The van der Waals surface area contributed by atoms with E-state index in [0.717, 1.165) is 4.88 Å². The standard InChI is InChI=1S/C27H24N2O2S2/c30-18-17-28-26(31)25-24(32-20-29-25)16-19-33-27(21-10-4-1-5-11-21,22-12-6-2-7-13-22)23-14-8-3-9-15-23/h1-16,19-20,30H,17-18H2,(H,28,31). The van der Waals surface area contributed by atoms with E-state index in [0.29, 0.717) is 5.69 Å². The Bertz CT molecular complexity index is 1100.